The summed E-state index contributed by atoms with van der Waals surface area (Å²) in [7, 11) is 1.13. The predicted molar refractivity (Wildman–Crippen MR) is 83.9 cm³/mol. The summed E-state index contributed by atoms with van der Waals surface area (Å²) in [5.74, 6) is 1.21. The first kappa shape index (κ1) is 19.1. The van der Waals surface area contributed by atoms with Crippen LogP contribution in [0.3, 0.4) is 0 Å². The van der Waals surface area contributed by atoms with E-state index in [1.807, 2.05) is 0 Å². The zero-order valence-corrected chi connectivity index (χ0v) is 15.2. The first-order valence-electron chi connectivity index (χ1n) is 7.48. The van der Waals surface area contributed by atoms with Crippen LogP contribution < -0.4 is 0 Å². The van der Waals surface area contributed by atoms with Crippen molar-refractivity contribution in [3.05, 3.63) is 0 Å². The van der Waals surface area contributed by atoms with Crippen LogP contribution in [-0.4, -0.2) is 58.4 Å². The van der Waals surface area contributed by atoms with E-state index in [-0.39, 0.29) is 0 Å². The number of hydrogen-bond donors (Lipinski definition) is 0. The van der Waals surface area contributed by atoms with E-state index < -0.39 is 8.88 Å². The molecule has 19 heavy (non-hydrogen) atoms. The highest BCUT2D eigenvalue weighted by atomic mass is 28.4. The normalized spacial score (nSPS) is 13.3. The summed E-state index contributed by atoms with van der Waals surface area (Å²) < 4.78 is 16.7. The summed E-state index contributed by atoms with van der Waals surface area (Å²) in [5, 5.41) is 0. The van der Waals surface area contributed by atoms with Gasteiger partial charge in [0.05, 0.1) is 0 Å². The summed E-state index contributed by atoms with van der Waals surface area (Å²) in [6.07, 6.45) is 0. The van der Waals surface area contributed by atoms with Crippen molar-refractivity contribution >= 4 is 8.88 Å². The molecule has 0 aliphatic heterocycles. The van der Waals surface area contributed by atoms with Crippen molar-refractivity contribution in [1.29, 1.82) is 0 Å². The minimum atomic E-state index is -2.46. The molecule has 0 spiro atoms. The highest BCUT2D eigenvalue weighted by molar-refractivity contribution is 6.61. The highest BCUT2D eigenvalue weighted by Crippen LogP contribution is 2.20. The number of nitrogens with zero attached hydrogens (tertiary/aromatic N) is 2. The van der Waals surface area contributed by atoms with Crippen LogP contribution in [0.1, 0.15) is 41.5 Å². The molecule has 0 fully saturated rings. The molecule has 4 nitrogen and oxygen atoms in total. The second-order valence-electron chi connectivity index (χ2n) is 5.82. The van der Waals surface area contributed by atoms with Crippen LogP contribution in [0.25, 0.3) is 0 Å². The van der Waals surface area contributed by atoms with Gasteiger partial charge in [-0.25, -0.2) is 0 Å². The second-order valence-corrected chi connectivity index (χ2v) is 9.00. The van der Waals surface area contributed by atoms with Crippen LogP contribution in [0.15, 0.2) is 0 Å². The Morgan fingerprint density at radius 3 is 1.26 bits per heavy atom. The van der Waals surface area contributed by atoms with Gasteiger partial charge in [0.15, 0.2) is 0 Å². The molecular weight excluding hydrogens is 256 g/mol. The van der Waals surface area contributed by atoms with Gasteiger partial charge in [-0.05, 0) is 38.0 Å². The lowest BCUT2D eigenvalue weighted by molar-refractivity contribution is 0.0871. The van der Waals surface area contributed by atoms with E-state index in [4.69, 9.17) is 8.85 Å². The van der Waals surface area contributed by atoms with Crippen LogP contribution in [0.5, 0.6) is 0 Å². The Labute approximate surface area is 121 Å². The smallest absolute Gasteiger partial charge is 0.374 e. The maximum atomic E-state index is 5.96. The summed E-state index contributed by atoms with van der Waals surface area (Å²) in [6, 6.07) is 0. The van der Waals surface area contributed by atoms with E-state index in [9.17, 15) is 0 Å². The van der Waals surface area contributed by atoms with E-state index in [0.717, 1.165) is 26.2 Å². The Balaban J connectivity index is 5.26. The van der Waals surface area contributed by atoms with E-state index in [1.54, 1.807) is 14.2 Å². The lowest BCUT2D eigenvalue weighted by Gasteiger charge is -2.44. The first-order valence-corrected chi connectivity index (χ1v) is 9.19. The molecule has 0 saturated carbocycles. The van der Waals surface area contributed by atoms with Crippen molar-refractivity contribution in [2.24, 2.45) is 11.8 Å². The fraction of sp³-hybridized carbons (Fsp3) is 1.00. The van der Waals surface area contributed by atoms with Gasteiger partial charge in [-0.15, -0.1) is 0 Å². The average Bonchev–Trinajstić information content (AvgIpc) is 2.36. The van der Waals surface area contributed by atoms with E-state index >= 15 is 0 Å². The second kappa shape index (κ2) is 9.08. The largest absolute Gasteiger partial charge is 0.521 e. The summed E-state index contributed by atoms with van der Waals surface area (Å²) in [5.41, 5.74) is 0. The molecule has 5 heteroatoms. The molecule has 0 unspecified atom stereocenters. The van der Waals surface area contributed by atoms with Gasteiger partial charge >= 0.3 is 8.88 Å². The van der Waals surface area contributed by atoms with Crippen molar-refractivity contribution in [1.82, 2.24) is 9.13 Å². The molecule has 0 aromatic carbocycles. The number of hydrogen-bond acceptors (Lipinski definition) is 4. The molecular formula is C14H34N2O2Si. The van der Waals surface area contributed by atoms with Gasteiger partial charge in [0.2, 0.25) is 0 Å². The zero-order chi connectivity index (χ0) is 15.1. The molecule has 0 saturated heterocycles. The van der Waals surface area contributed by atoms with Crippen molar-refractivity contribution < 1.29 is 8.85 Å². The van der Waals surface area contributed by atoms with Crippen molar-refractivity contribution in [2.45, 2.75) is 41.5 Å². The molecule has 0 aromatic rings. The quantitative estimate of drug-likeness (QED) is 0.578. The standard InChI is InChI=1S/C14H34N2O2Si/c1-9-15(11-13(3)4)19(17-7,18-8)16(10-2)12-14(5)6/h13-14H,9-12H2,1-8H3. The molecule has 0 radical (unpaired) electrons. The van der Waals surface area contributed by atoms with Crippen LogP contribution in [0.2, 0.25) is 0 Å². The maximum absolute atomic E-state index is 5.96. The SMILES string of the molecule is CCN(CC(C)C)[Si](OC)(OC)N(CC)CC(C)C. The topological polar surface area (TPSA) is 24.9 Å². The highest BCUT2D eigenvalue weighted by Gasteiger charge is 2.49. The molecule has 0 aliphatic rings. The van der Waals surface area contributed by atoms with Gasteiger partial charge in [0.1, 0.15) is 0 Å². The zero-order valence-electron chi connectivity index (χ0n) is 14.2. The minimum Gasteiger partial charge on any atom is -0.374 e. The van der Waals surface area contributed by atoms with Crippen molar-refractivity contribution in [3.8, 4) is 0 Å². The van der Waals surface area contributed by atoms with Crippen LogP contribution in [-0.2, 0) is 8.85 Å². The Morgan fingerprint density at radius 2 is 1.11 bits per heavy atom. The number of rotatable bonds is 10. The lowest BCUT2D eigenvalue weighted by atomic mass is 10.2. The molecule has 116 valence electrons. The van der Waals surface area contributed by atoms with Gasteiger partial charge in [0, 0.05) is 14.2 Å². The maximum Gasteiger partial charge on any atom is 0.521 e. The van der Waals surface area contributed by atoms with Gasteiger partial charge in [-0.2, -0.15) is 0 Å². The molecule has 0 bridgehead atoms. The molecule has 0 amide bonds. The van der Waals surface area contributed by atoms with Crippen LogP contribution in [0, 0.1) is 11.8 Å². The Bertz CT molecular complexity index is 213. The third-order valence-corrected chi connectivity index (χ3v) is 6.93. The van der Waals surface area contributed by atoms with E-state index in [0.29, 0.717) is 11.8 Å². The van der Waals surface area contributed by atoms with Gasteiger partial charge in [-0.3, -0.25) is 9.13 Å². The minimum absolute atomic E-state index is 0.606. The Hall–Kier alpha value is 0.0569. The van der Waals surface area contributed by atoms with Gasteiger partial charge in [0.25, 0.3) is 0 Å². The van der Waals surface area contributed by atoms with Crippen molar-refractivity contribution in [3.63, 3.8) is 0 Å². The fourth-order valence-electron chi connectivity index (χ4n) is 2.57. The molecule has 0 atom stereocenters. The molecule has 0 aliphatic carbocycles. The molecule has 0 rings (SSSR count). The van der Waals surface area contributed by atoms with E-state index in [2.05, 4.69) is 50.7 Å². The lowest BCUT2D eigenvalue weighted by Crippen LogP contribution is -2.70. The molecule has 0 N–H and O–H groups in total. The fourth-order valence-corrected chi connectivity index (χ4v) is 6.16. The Kier molecular flexibility index (Phi) is 9.10. The third kappa shape index (κ3) is 5.15. The van der Waals surface area contributed by atoms with Gasteiger partial charge in [-0.1, -0.05) is 41.5 Å². The summed E-state index contributed by atoms with van der Waals surface area (Å²) in [4.78, 5) is 0. The summed E-state index contributed by atoms with van der Waals surface area (Å²) >= 11 is 0. The first-order chi connectivity index (χ1) is 8.87. The van der Waals surface area contributed by atoms with E-state index in [1.165, 1.54) is 0 Å². The molecule has 0 aromatic heterocycles. The third-order valence-electron chi connectivity index (χ3n) is 3.27. The predicted octanol–water partition coefficient (Wildman–Crippen LogP) is 2.67. The average molecular weight is 291 g/mol. The van der Waals surface area contributed by atoms with Crippen molar-refractivity contribution in [2.75, 3.05) is 40.4 Å². The van der Waals surface area contributed by atoms with Crippen LogP contribution >= 0.6 is 0 Å². The van der Waals surface area contributed by atoms with Crippen LogP contribution in [0.4, 0.5) is 0 Å². The monoisotopic (exact) mass is 290 g/mol. The summed E-state index contributed by atoms with van der Waals surface area (Å²) in [6.45, 7) is 17.3. The van der Waals surface area contributed by atoms with Gasteiger partial charge < -0.3 is 8.85 Å². The molecule has 0 heterocycles. The Morgan fingerprint density at radius 1 is 0.789 bits per heavy atom.